The van der Waals surface area contributed by atoms with E-state index in [9.17, 15) is 9.59 Å². The zero-order chi connectivity index (χ0) is 17.1. The molecule has 2 aromatic carbocycles. The third-order valence-corrected chi connectivity index (χ3v) is 4.58. The van der Waals surface area contributed by atoms with Gasteiger partial charge in [0.05, 0.1) is 0 Å². The van der Waals surface area contributed by atoms with Gasteiger partial charge in [-0.2, -0.15) is 0 Å². The second-order valence-electron chi connectivity index (χ2n) is 6.40. The summed E-state index contributed by atoms with van der Waals surface area (Å²) in [6.45, 7) is 3.96. The lowest BCUT2D eigenvalue weighted by molar-refractivity contribution is -0.121. The molecule has 0 aliphatic carbocycles. The number of aryl methyl sites for hydroxylation is 2. The maximum absolute atomic E-state index is 12.3. The van der Waals surface area contributed by atoms with Gasteiger partial charge in [-0.1, -0.05) is 36.4 Å². The van der Waals surface area contributed by atoms with E-state index in [1.165, 1.54) is 0 Å². The molecule has 2 N–H and O–H groups in total. The summed E-state index contributed by atoms with van der Waals surface area (Å²) in [5.74, 6) is -0.184. The van der Waals surface area contributed by atoms with E-state index >= 15 is 0 Å². The normalized spacial score (nSPS) is 16.2. The van der Waals surface area contributed by atoms with Crippen molar-refractivity contribution in [3.8, 4) is 0 Å². The molecule has 3 rings (SSSR count). The zero-order valence-electron chi connectivity index (χ0n) is 14.1. The summed E-state index contributed by atoms with van der Waals surface area (Å²) in [5, 5.41) is 5.91. The number of carbonyl (C=O) groups is 2. The number of nitrogens with one attached hydrogen (secondary N) is 2. The number of fused-ring (bicyclic) bond motifs is 1. The topological polar surface area (TPSA) is 58.2 Å². The Balaban J connectivity index is 1.60. The molecule has 1 aliphatic heterocycles. The van der Waals surface area contributed by atoms with Crippen LogP contribution in [0.15, 0.2) is 42.5 Å². The number of hydrogen-bond donors (Lipinski definition) is 2. The fourth-order valence-electron chi connectivity index (χ4n) is 3.17. The maximum atomic E-state index is 12.3. The van der Waals surface area contributed by atoms with Gasteiger partial charge in [-0.3, -0.25) is 9.59 Å². The molecule has 2 amide bonds. The van der Waals surface area contributed by atoms with Crippen molar-refractivity contribution in [2.24, 2.45) is 5.92 Å². The zero-order valence-corrected chi connectivity index (χ0v) is 14.1. The Morgan fingerprint density at radius 3 is 2.58 bits per heavy atom. The van der Waals surface area contributed by atoms with Gasteiger partial charge in [0.1, 0.15) is 0 Å². The van der Waals surface area contributed by atoms with Gasteiger partial charge in [0.25, 0.3) is 0 Å². The molecule has 0 bridgehead atoms. The second kappa shape index (κ2) is 6.87. The van der Waals surface area contributed by atoms with E-state index in [1.54, 1.807) is 0 Å². The number of amides is 2. The molecule has 124 valence electrons. The molecule has 1 heterocycles. The van der Waals surface area contributed by atoms with Gasteiger partial charge in [0, 0.05) is 23.7 Å². The van der Waals surface area contributed by atoms with Crippen LogP contribution in [0.5, 0.6) is 0 Å². The number of para-hydroxylation sites is 2. The molecule has 4 heteroatoms. The van der Waals surface area contributed by atoms with Crippen molar-refractivity contribution >= 4 is 23.2 Å². The van der Waals surface area contributed by atoms with E-state index in [0.29, 0.717) is 19.3 Å². The lowest BCUT2D eigenvalue weighted by atomic mass is 9.89. The van der Waals surface area contributed by atoms with E-state index in [2.05, 4.69) is 10.6 Å². The van der Waals surface area contributed by atoms with Crippen molar-refractivity contribution in [2.45, 2.75) is 33.1 Å². The fraction of sp³-hybridized carbons (Fsp3) is 0.300. The van der Waals surface area contributed by atoms with Crippen LogP contribution in [0.3, 0.4) is 0 Å². The average molecular weight is 322 g/mol. The van der Waals surface area contributed by atoms with Crippen molar-refractivity contribution in [3.05, 3.63) is 59.2 Å². The molecule has 0 saturated heterocycles. The minimum atomic E-state index is -0.149. The van der Waals surface area contributed by atoms with Crippen molar-refractivity contribution in [1.29, 1.82) is 0 Å². The van der Waals surface area contributed by atoms with Gasteiger partial charge in [-0.05, 0) is 49.4 Å². The summed E-state index contributed by atoms with van der Waals surface area (Å²) in [7, 11) is 0. The Bertz CT molecular complexity index is 763. The van der Waals surface area contributed by atoms with Crippen LogP contribution in [0.25, 0.3) is 0 Å². The highest BCUT2D eigenvalue weighted by molar-refractivity contribution is 5.97. The minimum absolute atomic E-state index is 0.00794. The Labute approximate surface area is 142 Å². The van der Waals surface area contributed by atoms with Crippen molar-refractivity contribution in [2.75, 3.05) is 10.6 Å². The number of anilines is 2. The van der Waals surface area contributed by atoms with Crippen LogP contribution >= 0.6 is 0 Å². The van der Waals surface area contributed by atoms with Crippen LogP contribution in [0, 0.1) is 19.8 Å². The fourth-order valence-corrected chi connectivity index (χ4v) is 3.17. The minimum Gasteiger partial charge on any atom is -0.326 e. The van der Waals surface area contributed by atoms with Crippen molar-refractivity contribution < 1.29 is 9.59 Å². The number of benzene rings is 2. The number of carbonyl (C=O) groups excluding carboxylic acids is 2. The second-order valence-corrected chi connectivity index (χ2v) is 6.40. The molecule has 0 radical (unpaired) electrons. The highest BCUT2D eigenvalue weighted by atomic mass is 16.2. The number of hydrogen-bond acceptors (Lipinski definition) is 2. The van der Waals surface area contributed by atoms with Gasteiger partial charge in [0.15, 0.2) is 0 Å². The lowest BCUT2D eigenvalue weighted by Crippen LogP contribution is -2.30. The van der Waals surface area contributed by atoms with Crippen LogP contribution in [-0.4, -0.2) is 11.8 Å². The molecular weight excluding hydrogens is 300 g/mol. The van der Waals surface area contributed by atoms with E-state index in [4.69, 9.17) is 0 Å². The van der Waals surface area contributed by atoms with Crippen LogP contribution in [0.2, 0.25) is 0 Å². The average Bonchev–Trinajstić information content (AvgIpc) is 2.56. The van der Waals surface area contributed by atoms with Gasteiger partial charge < -0.3 is 10.6 Å². The monoisotopic (exact) mass is 322 g/mol. The Hall–Kier alpha value is -2.62. The molecule has 2 aromatic rings. The predicted molar refractivity (Wildman–Crippen MR) is 96.0 cm³/mol. The van der Waals surface area contributed by atoms with Gasteiger partial charge in [0.2, 0.25) is 11.8 Å². The Morgan fingerprint density at radius 1 is 1.12 bits per heavy atom. The highest BCUT2D eigenvalue weighted by Gasteiger charge is 2.26. The SMILES string of the molecule is Cc1cccc(C)c1NC(=O)CCC1Cc2ccccc2NC1=O. The van der Waals surface area contributed by atoms with Crippen LogP contribution in [0.1, 0.15) is 29.5 Å². The molecule has 1 unspecified atom stereocenters. The van der Waals surface area contributed by atoms with Crippen LogP contribution in [0.4, 0.5) is 11.4 Å². The first-order valence-electron chi connectivity index (χ1n) is 8.29. The Kier molecular flexibility index (Phi) is 4.65. The van der Waals surface area contributed by atoms with Gasteiger partial charge >= 0.3 is 0 Å². The smallest absolute Gasteiger partial charge is 0.227 e. The Morgan fingerprint density at radius 2 is 1.83 bits per heavy atom. The summed E-state index contributed by atoms with van der Waals surface area (Å²) in [6.07, 6.45) is 1.59. The molecule has 0 saturated carbocycles. The summed E-state index contributed by atoms with van der Waals surface area (Å²) in [6, 6.07) is 13.8. The first-order valence-corrected chi connectivity index (χ1v) is 8.29. The summed E-state index contributed by atoms with van der Waals surface area (Å²) in [5.41, 5.74) is 5.00. The molecular formula is C20H22N2O2. The van der Waals surface area contributed by atoms with Crippen LogP contribution < -0.4 is 10.6 Å². The molecule has 0 spiro atoms. The summed E-state index contributed by atoms with van der Waals surface area (Å²) in [4.78, 5) is 24.5. The van der Waals surface area contributed by atoms with Gasteiger partial charge in [-0.15, -0.1) is 0 Å². The maximum Gasteiger partial charge on any atom is 0.227 e. The summed E-state index contributed by atoms with van der Waals surface area (Å²) >= 11 is 0. The third-order valence-electron chi connectivity index (χ3n) is 4.58. The molecule has 0 aromatic heterocycles. The highest BCUT2D eigenvalue weighted by Crippen LogP contribution is 2.28. The lowest BCUT2D eigenvalue weighted by Gasteiger charge is -2.24. The standard InChI is InChI=1S/C20H22N2O2/c1-13-6-5-7-14(2)19(13)22-18(23)11-10-16-12-15-8-3-4-9-17(15)21-20(16)24/h3-9,16H,10-12H2,1-2H3,(H,21,24)(H,22,23). The first-order chi connectivity index (χ1) is 11.5. The van der Waals surface area contributed by atoms with Gasteiger partial charge in [-0.25, -0.2) is 0 Å². The third kappa shape index (κ3) is 3.48. The van der Waals surface area contributed by atoms with Crippen molar-refractivity contribution in [3.63, 3.8) is 0 Å². The molecule has 4 nitrogen and oxygen atoms in total. The quantitative estimate of drug-likeness (QED) is 0.898. The first kappa shape index (κ1) is 16.2. The molecule has 1 atom stereocenters. The molecule has 24 heavy (non-hydrogen) atoms. The van der Waals surface area contributed by atoms with E-state index in [0.717, 1.165) is 28.1 Å². The van der Waals surface area contributed by atoms with E-state index in [1.807, 2.05) is 56.3 Å². The predicted octanol–water partition coefficient (Wildman–Crippen LogP) is 3.83. The van der Waals surface area contributed by atoms with E-state index in [-0.39, 0.29) is 17.7 Å². The van der Waals surface area contributed by atoms with E-state index < -0.39 is 0 Å². The van der Waals surface area contributed by atoms with Crippen LogP contribution in [-0.2, 0) is 16.0 Å². The molecule has 0 fully saturated rings. The summed E-state index contributed by atoms with van der Waals surface area (Å²) < 4.78 is 0. The largest absolute Gasteiger partial charge is 0.326 e. The van der Waals surface area contributed by atoms with Crippen molar-refractivity contribution in [1.82, 2.24) is 0 Å². The molecule has 1 aliphatic rings. The number of rotatable bonds is 4.